The number of para-hydroxylation sites is 1. The van der Waals surface area contributed by atoms with Crippen molar-refractivity contribution in [1.82, 2.24) is 0 Å². The summed E-state index contributed by atoms with van der Waals surface area (Å²) in [5.41, 5.74) is 0. The first kappa shape index (κ1) is 16.1. The number of benzene rings is 1. The van der Waals surface area contributed by atoms with Gasteiger partial charge in [0.2, 0.25) is 8.87 Å². The van der Waals surface area contributed by atoms with Gasteiger partial charge in [-0.05, 0) is 25.0 Å². The Balaban J connectivity index is 2.88. The summed E-state index contributed by atoms with van der Waals surface area (Å²) < 4.78 is 24.7. The number of rotatable bonds is 8. The highest BCUT2D eigenvalue weighted by Gasteiger charge is 2.26. The summed E-state index contributed by atoms with van der Waals surface area (Å²) in [4.78, 5) is 0.382. The summed E-state index contributed by atoms with van der Waals surface area (Å²) in [5.74, 6) is 0.00363. The van der Waals surface area contributed by atoms with E-state index >= 15 is 0 Å². The van der Waals surface area contributed by atoms with Crippen molar-refractivity contribution in [3.05, 3.63) is 36.9 Å². The van der Waals surface area contributed by atoms with Crippen molar-refractivity contribution in [2.24, 2.45) is 0 Å². The van der Waals surface area contributed by atoms with Gasteiger partial charge in [0.05, 0.1) is 10.1 Å². The molecule has 19 heavy (non-hydrogen) atoms. The number of hydrogen-bond donors (Lipinski definition) is 1. The minimum Gasteiger partial charge on any atom is -0.507 e. The van der Waals surface area contributed by atoms with E-state index in [1.54, 1.807) is 24.3 Å². The molecule has 0 aliphatic heterocycles. The van der Waals surface area contributed by atoms with Crippen molar-refractivity contribution in [2.75, 3.05) is 0 Å². The molecule has 0 saturated heterocycles. The van der Waals surface area contributed by atoms with E-state index in [1.807, 2.05) is 6.92 Å². The molecule has 3 nitrogen and oxygen atoms in total. The molecule has 0 aliphatic carbocycles. The van der Waals surface area contributed by atoms with Crippen molar-refractivity contribution in [2.45, 2.75) is 42.8 Å². The van der Waals surface area contributed by atoms with Crippen LogP contribution in [0.25, 0.3) is 0 Å². The lowest BCUT2D eigenvalue weighted by atomic mass is 10.1. The normalized spacial score (nSPS) is 13.1. The van der Waals surface area contributed by atoms with Crippen LogP contribution in [-0.4, -0.2) is 18.8 Å². The molecule has 5 heteroatoms. The van der Waals surface area contributed by atoms with Gasteiger partial charge in [0.25, 0.3) is 0 Å². The Morgan fingerprint density at radius 2 is 2.11 bits per heavy atom. The molecule has 0 heterocycles. The van der Waals surface area contributed by atoms with Gasteiger partial charge in [0, 0.05) is 10.8 Å². The van der Waals surface area contributed by atoms with E-state index in [1.165, 1.54) is 6.07 Å². The second-order valence-corrected chi connectivity index (χ2v) is 8.49. The third kappa shape index (κ3) is 4.91. The molecule has 0 aromatic heterocycles. The highest BCUT2D eigenvalue weighted by atomic mass is 33.1. The lowest BCUT2D eigenvalue weighted by Gasteiger charge is -2.15. The van der Waals surface area contributed by atoms with Gasteiger partial charge < -0.3 is 5.11 Å². The van der Waals surface area contributed by atoms with Crippen molar-refractivity contribution in [3.63, 3.8) is 0 Å². The summed E-state index contributed by atoms with van der Waals surface area (Å²) in [6.07, 6.45) is 4.56. The van der Waals surface area contributed by atoms with E-state index in [-0.39, 0.29) is 5.75 Å². The Labute approximate surface area is 119 Å². The molecule has 1 atom stereocenters. The van der Waals surface area contributed by atoms with Gasteiger partial charge in [-0.15, -0.1) is 6.58 Å². The Hall–Kier alpha value is -0.940. The molecule has 0 saturated carbocycles. The fraction of sp³-hybridized carbons (Fsp3) is 0.429. The topological polar surface area (TPSA) is 54.4 Å². The largest absolute Gasteiger partial charge is 0.507 e. The molecular formula is C14H20O3S2. The molecule has 0 bridgehead atoms. The van der Waals surface area contributed by atoms with E-state index in [4.69, 9.17) is 0 Å². The Bertz CT molecular complexity index is 509. The Kier molecular flexibility index (Phi) is 6.45. The van der Waals surface area contributed by atoms with Crippen LogP contribution >= 0.6 is 10.8 Å². The number of hydrogen-bond acceptors (Lipinski definition) is 4. The predicted octanol–water partition coefficient (Wildman–Crippen LogP) is 3.95. The number of aromatic hydroxyl groups is 1. The molecule has 106 valence electrons. The van der Waals surface area contributed by atoms with Gasteiger partial charge in [0.15, 0.2) is 0 Å². The summed E-state index contributed by atoms with van der Waals surface area (Å²) in [6, 6.07) is 6.49. The van der Waals surface area contributed by atoms with Crippen molar-refractivity contribution < 1.29 is 13.5 Å². The third-order valence-electron chi connectivity index (χ3n) is 2.79. The van der Waals surface area contributed by atoms with Crippen LogP contribution in [0.2, 0.25) is 0 Å². The lowest BCUT2D eigenvalue weighted by molar-refractivity contribution is 0.462. The molecule has 0 radical (unpaired) electrons. The Morgan fingerprint density at radius 1 is 1.42 bits per heavy atom. The van der Waals surface area contributed by atoms with Gasteiger partial charge in [0.1, 0.15) is 5.75 Å². The second-order valence-electron chi connectivity index (χ2n) is 4.33. The van der Waals surface area contributed by atoms with Crippen LogP contribution in [0.15, 0.2) is 41.8 Å². The first-order chi connectivity index (χ1) is 9.01. The molecule has 1 N–H and O–H groups in total. The van der Waals surface area contributed by atoms with E-state index in [0.717, 1.165) is 23.6 Å². The van der Waals surface area contributed by atoms with Gasteiger partial charge >= 0.3 is 0 Å². The van der Waals surface area contributed by atoms with Gasteiger partial charge in [-0.1, -0.05) is 38.0 Å². The summed E-state index contributed by atoms with van der Waals surface area (Å²) in [5, 5.41) is 9.22. The van der Waals surface area contributed by atoms with Crippen molar-refractivity contribution in [1.29, 1.82) is 0 Å². The molecule has 1 unspecified atom stereocenters. The van der Waals surface area contributed by atoms with E-state index in [0.29, 0.717) is 17.7 Å². The minimum atomic E-state index is -3.35. The molecule has 1 aromatic carbocycles. The summed E-state index contributed by atoms with van der Waals surface area (Å²) >= 11 is 0. The zero-order chi connectivity index (χ0) is 14.3. The molecule has 0 spiro atoms. The van der Waals surface area contributed by atoms with E-state index < -0.39 is 14.1 Å². The smallest absolute Gasteiger partial charge is 0.209 e. The molecule has 0 fully saturated rings. The summed E-state index contributed by atoms with van der Waals surface area (Å²) in [7, 11) is -2.60. The van der Waals surface area contributed by atoms with E-state index in [2.05, 4.69) is 6.58 Å². The van der Waals surface area contributed by atoms with Crippen LogP contribution in [-0.2, 0) is 8.87 Å². The maximum Gasteiger partial charge on any atom is 0.209 e. The van der Waals surface area contributed by atoms with Crippen molar-refractivity contribution >= 4 is 19.7 Å². The standard InChI is InChI=1S/C14H20O3S2/c1-3-5-9-12(8-4-2)19(16,17)18-14-11-7-6-10-13(14)15/h4,6-7,10-12,15H,2-3,5,8-9H2,1H3. The van der Waals surface area contributed by atoms with E-state index in [9.17, 15) is 13.5 Å². The molecule has 1 rings (SSSR count). The van der Waals surface area contributed by atoms with Crippen LogP contribution in [0.1, 0.15) is 32.6 Å². The van der Waals surface area contributed by atoms with Crippen LogP contribution in [0, 0.1) is 0 Å². The van der Waals surface area contributed by atoms with Crippen molar-refractivity contribution in [3.8, 4) is 5.75 Å². The SMILES string of the molecule is C=CCC(CCCC)S(=O)(=O)Sc1ccccc1O. The maximum atomic E-state index is 12.4. The number of unbranched alkanes of at least 4 members (excludes halogenated alkanes) is 1. The zero-order valence-corrected chi connectivity index (χ0v) is 12.7. The highest BCUT2D eigenvalue weighted by Crippen LogP contribution is 2.36. The third-order valence-corrected chi connectivity index (χ3v) is 6.84. The molecule has 0 amide bonds. The van der Waals surface area contributed by atoms with Crippen LogP contribution in [0.5, 0.6) is 5.75 Å². The van der Waals surface area contributed by atoms with Gasteiger partial charge in [-0.25, -0.2) is 8.42 Å². The maximum absolute atomic E-state index is 12.4. The fourth-order valence-corrected chi connectivity index (χ4v) is 5.33. The lowest BCUT2D eigenvalue weighted by Crippen LogP contribution is -2.17. The van der Waals surface area contributed by atoms with Crippen LogP contribution in [0.3, 0.4) is 0 Å². The fourth-order valence-electron chi connectivity index (χ4n) is 1.72. The monoisotopic (exact) mass is 300 g/mol. The predicted molar refractivity (Wildman–Crippen MR) is 81.0 cm³/mol. The van der Waals surface area contributed by atoms with Crippen LogP contribution < -0.4 is 0 Å². The van der Waals surface area contributed by atoms with Gasteiger partial charge in [-0.3, -0.25) is 0 Å². The number of allylic oxidation sites excluding steroid dienone is 1. The first-order valence-electron chi connectivity index (χ1n) is 6.33. The quantitative estimate of drug-likeness (QED) is 0.583. The average molecular weight is 300 g/mol. The number of phenols is 1. The number of phenolic OH excluding ortho intramolecular Hbond substituents is 1. The minimum absolute atomic E-state index is 0.00363. The highest BCUT2D eigenvalue weighted by molar-refractivity contribution is 8.72. The summed E-state index contributed by atoms with van der Waals surface area (Å²) in [6.45, 7) is 5.66. The molecule has 0 aliphatic rings. The first-order valence-corrected chi connectivity index (χ1v) is 9.21. The average Bonchev–Trinajstić information content (AvgIpc) is 2.37. The Morgan fingerprint density at radius 3 is 2.68 bits per heavy atom. The molecule has 1 aromatic rings. The molecular weight excluding hydrogens is 280 g/mol. The zero-order valence-electron chi connectivity index (χ0n) is 11.1. The van der Waals surface area contributed by atoms with Gasteiger partial charge in [-0.2, -0.15) is 0 Å². The van der Waals surface area contributed by atoms with Crippen LogP contribution in [0.4, 0.5) is 0 Å². The second kappa shape index (κ2) is 7.60.